The molecular formula is C53H72N5+. The van der Waals surface area contributed by atoms with Crippen molar-refractivity contribution < 1.29 is 4.57 Å². The summed E-state index contributed by atoms with van der Waals surface area (Å²) in [6.07, 6.45) is 9.46. The lowest BCUT2D eigenvalue weighted by Gasteiger charge is -2.75. The quantitative estimate of drug-likeness (QED) is 0.102. The third-order valence-electron chi connectivity index (χ3n) is 14.8. The van der Waals surface area contributed by atoms with Crippen molar-refractivity contribution in [1.82, 2.24) is 19.4 Å². The Balaban J connectivity index is 1.60. The number of hydrogen-bond acceptors (Lipinski definition) is 3. The minimum absolute atomic E-state index is 0.0327. The van der Waals surface area contributed by atoms with Crippen LogP contribution >= 0.6 is 0 Å². The Kier molecular flexibility index (Phi) is 10.00. The number of fused-ring (bicyclic) bond motifs is 12. The molecular weight excluding hydrogens is 707 g/mol. The fourth-order valence-electron chi connectivity index (χ4n) is 12.5. The summed E-state index contributed by atoms with van der Waals surface area (Å²) < 4.78 is 5.23. The smallest absolute Gasteiger partial charge is 0.288 e. The van der Waals surface area contributed by atoms with Crippen LogP contribution in [0.1, 0.15) is 152 Å². The van der Waals surface area contributed by atoms with Crippen LogP contribution in [0.2, 0.25) is 0 Å². The van der Waals surface area contributed by atoms with Gasteiger partial charge in [0.15, 0.2) is 5.69 Å². The largest absolute Gasteiger partial charge is 0.336 e. The third-order valence-corrected chi connectivity index (χ3v) is 14.8. The van der Waals surface area contributed by atoms with E-state index in [-0.39, 0.29) is 16.4 Å². The van der Waals surface area contributed by atoms with Crippen LogP contribution < -0.4 is 4.57 Å². The van der Waals surface area contributed by atoms with Crippen LogP contribution in [-0.2, 0) is 29.1 Å². The maximum Gasteiger partial charge on any atom is 0.288 e. The predicted molar refractivity (Wildman–Crippen MR) is 248 cm³/mol. The van der Waals surface area contributed by atoms with Crippen LogP contribution in [0.4, 0.5) is 0 Å². The molecule has 2 aliphatic rings. The highest BCUT2D eigenvalue weighted by atomic mass is 15.6. The summed E-state index contributed by atoms with van der Waals surface area (Å²) in [7, 11) is 2.32. The Morgan fingerprint density at radius 3 is 1.81 bits per heavy atom. The molecule has 0 atom stereocenters. The summed E-state index contributed by atoms with van der Waals surface area (Å²) in [4.78, 5) is 11.5. The Bertz CT molecular complexity index is 2520. The minimum Gasteiger partial charge on any atom is -0.336 e. The summed E-state index contributed by atoms with van der Waals surface area (Å²) in [5, 5.41) is 6.74. The van der Waals surface area contributed by atoms with E-state index in [1.807, 2.05) is 0 Å². The maximum absolute atomic E-state index is 5.67. The molecule has 0 bridgehead atoms. The SMILES string of the molecule is CCCCCC(C)(C)c1cc2c3nc[n+]4c(c3n(C)c2c2ccccc12)-c1cc(C(C)(C)C)c2ccccc2c1C1(N(C(C)C)C(C(C)C)N1C(C)C)C4(CC)CC. The van der Waals surface area contributed by atoms with E-state index >= 15 is 0 Å². The van der Waals surface area contributed by atoms with Crippen LogP contribution in [0, 0.1) is 5.92 Å². The molecule has 0 saturated carbocycles. The number of hydrogen-bond donors (Lipinski definition) is 0. The lowest BCUT2D eigenvalue weighted by Crippen LogP contribution is -2.91. The molecule has 1 spiro atoms. The second kappa shape index (κ2) is 14.2. The van der Waals surface area contributed by atoms with Gasteiger partial charge in [0.05, 0.1) is 17.1 Å². The van der Waals surface area contributed by atoms with Crippen LogP contribution in [-0.4, -0.2) is 37.6 Å². The molecule has 0 unspecified atom stereocenters. The van der Waals surface area contributed by atoms with Crippen LogP contribution in [0.5, 0.6) is 0 Å². The van der Waals surface area contributed by atoms with E-state index in [1.165, 1.54) is 91.6 Å². The molecule has 0 N–H and O–H groups in total. The van der Waals surface area contributed by atoms with E-state index in [1.54, 1.807) is 0 Å². The average Bonchev–Trinajstić information content (AvgIpc) is 3.46. The fraction of sp³-hybridized carbons (Fsp3) is 0.547. The van der Waals surface area contributed by atoms with Crippen LogP contribution in [0.25, 0.3) is 54.7 Å². The Labute approximate surface area is 349 Å². The summed E-state index contributed by atoms with van der Waals surface area (Å²) >= 11 is 0. The van der Waals surface area contributed by atoms with Crippen molar-refractivity contribution in [1.29, 1.82) is 0 Å². The number of aryl methyl sites for hydroxylation is 1. The van der Waals surface area contributed by atoms with Gasteiger partial charge in [-0.15, -0.1) is 0 Å². The minimum atomic E-state index is -0.404. The zero-order valence-electron chi connectivity index (χ0n) is 38.6. The van der Waals surface area contributed by atoms with Crippen molar-refractivity contribution in [2.24, 2.45) is 13.0 Å². The highest BCUT2D eigenvalue weighted by molar-refractivity contribution is 6.19. The lowest BCUT2D eigenvalue weighted by molar-refractivity contribution is -0.789. The number of aromatic nitrogens is 3. The first-order chi connectivity index (χ1) is 27.5. The standard InChI is InChI=1S/C53H72N5/c1-16-19-24-29-51(13,14)43-31-41-45-48(55(15)46(41)39-28-23-21-26-37(39)43)47-40-30-42(50(10,11)12)36-25-20-22-27-38(36)44(40)53(52(17-2,18-3)56(47)32-54-45)57(34(6)7)49(33(4)5)58(53)35(8)9/h20-23,25-28,30-35,49H,16-19,24,29H2,1-15H3/q+1. The van der Waals surface area contributed by atoms with Gasteiger partial charge >= 0.3 is 0 Å². The second-order valence-corrected chi connectivity index (χ2v) is 20.6. The first kappa shape index (κ1) is 41.0. The van der Waals surface area contributed by atoms with Crippen LogP contribution in [0.15, 0.2) is 67.0 Å². The number of nitrogens with zero attached hydrogens (tertiary/aromatic N) is 5. The van der Waals surface area contributed by atoms with Gasteiger partial charge in [-0.25, -0.2) is 4.57 Å². The van der Waals surface area contributed by atoms with Crippen molar-refractivity contribution >= 4 is 43.5 Å². The van der Waals surface area contributed by atoms with E-state index < -0.39 is 5.66 Å². The van der Waals surface area contributed by atoms with Gasteiger partial charge in [0.1, 0.15) is 16.7 Å². The molecule has 0 radical (unpaired) electrons. The van der Waals surface area contributed by atoms with Gasteiger partial charge in [-0.2, -0.15) is 0 Å². The zero-order valence-corrected chi connectivity index (χ0v) is 38.6. The molecule has 2 aromatic heterocycles. The van der Waals surface area contributed by atoms with Gasteiger partial charge in [0.2, 0.25) is 5.52 Å². The molecule has 1 fully saturated rings. The van der Waals surface area contributed by atoms with Crippen molar-refractivity contribution in [3.8, 4) is 11.3 Å². The average molecular weight is 779 g/mol. The Morgan fingerprint density at radius 2 is 1.28 bits per heavy atom. The zero-order chi connectivity index (χ0) is 41.9. The molecule has 8 rings (SSSR count). The topological polar surface area (TPSA) is 28.2 Å². The van der Waals surface area contributed by atoms with Gasteiger partial charge in [-0.3, -0.25) is 9.80 Å². The lowest BCUT2D eigenvalue weighted by atomic mass is 9.61. The molecule has 58 heavy (non-hydrogen) atoms. The molecule has 6 aromatic rings. The summed E-state index contributed by atoms with van der Waals surface area (Å²) in [6.45, 7) is 33.9. The molecule has 4 aromatic carbocycles. The van der Waals surface area contributed by atoms with Gasteiger partial charge in [0, 0.05) is 35.6 Å². The van der Waals surface area contributed by atoms with E-state index in [2.05, 4.69) is 190 Å². The fourth-order valence-corrected chi connectivity index (χ4v) is 12.5. The molecule has 0 amide bonds. The van der Waals surface area contributed by atoms with Crippen molar-refractivity contribution in [3.05, 3.63) is 83.7 Å². The first-order valence-corrected chi connectivity index (χ1v) is 22.9. The second-order valence-electron chi connectivity index (χ2n) is 20.6. The van der Waals surface area contributed by atoms with Gasteiger partial charge in [-0.1, -0.05) is 137 Å². The first-order valence-electron chi connectivity index (χ1n) is 22.9. The highest BCUT2D eigenvalue weighted by Crippen LogP contribution is 2.64. The van der Waals surface area contributed by atoms with Gasteiger partial charge in [-0.05, 0) is 108 Å². The van der Waals surface area contributed by atoms with E-state index in [0.717, 1.165) is 18.4 Å². The summed E-state index contributed by atoms with van der Waals surface area (Å²) in [5.41, 5.74) is 9.91. The van der Waals surface area contributed by atoms with E-state index in [9.17, 15) is 0 Å². The molecule has 0 aliphatic carbocycles. The molecule has 2 aliphatic heterocycles. The molecule has 1 saturated heterocycles. The maximum atomic E-state index is 5.67. The van der Waals surface area contributed by atoms with Gasteiger partial charge < -0.3 is 4.57 Å². The summed E-state index contributed by atoms with van der Waals surface area (Å²) in [6, 6.07) is 24.4. The predicted octanol–water partition coefficient (Wildman–Crippen LogP) is 13.2. The highest BCUT2D eigenvalue weighted by Gasteiger charge is 2.75. The van der Waals surface area contributed by atoms with Gasteiger partial charge in [0.25, 0.3) is 6.33 Å². The Hall–Kier alpha value is -3.80. The van der Waals surface area contributed by atoms with Crippen molar-refractivity contribution in [2.75, 3.05) is 0 Å². The molecule has 308 valence electrons. The van der Waals surface area contributed by atoms with E-state index in [0.29, 0.717) is 24.2 Å². The number of unbranched alkanes of at least 4 members (excludes halogenated alkanes) is 2. The molecule has 5 nitrogen and oxygen atoms in total. The van der Waals surface area contributed by atoms with Crippen molar-refractivity contribution in [2.45, 2.75) is 176 Å². The van der Waals surface area contributed by atoms with E-state index in [4.69, 9.17) is 4.98 Å². The third kappa shape index (κ3) is 5.33. The number of rotatable bonds is 10. The molecule has 5 heteroatoms. The monoisotopic (exact) mass is 779 g/mol. The Morgan fingerprint density at radius 1 is 0.707 bits per heavy atom. The van der Waals surface area contributed by atoms with Crippen molar-refractivity contribution in [3.63, 3.8) is 0 Å². The molecule has 4 heterocycles. The summed E-state index contributed by atoms with van der Waals surface area (Å²) in [5.74, 6) is 0.462. The normalized spacial score (nSPS) is 20.1. The van der Waals surface area contributed by atoms with Crippen LogP contribution in [0.3, 0.4) is 0 Å². The number of benzene rings is 4.